The molecule has 0 radical (unpaired) electrons. The first kappa shape index (κ1) is 18.8. The molecule has 1 aliphatic heterocycles. The van der Waals surface area contributed by atoms with Gasteiger partial charge in [0.05, 0.1) is 0 Å². The van der Waals surface area contributed by atoms with Crippen molar-refractivity contribution in [2.24, 2.45) is 0 Å². The van der Waals surface area contributed by atoms with Crippen molar-refractivity contribution in [1.82, 2.24) is 14.9 Å². The molecule has 1 N–H and O–H groups in total. The number of piperidine rings is 1. The highest BCUT2D eigenvalue weighted by molar-refractivity contribution is 5.98. The number of nitrogens with zero attached hydrogens (tertiary/aromatic N) is 4. The molecule has 29 heavy (non-hydrogen) atoms. The number of hydrogen-bond donors (Lipinski definition) is 1. The van der Waals surface area contributed by atoms with E-state index in [9.17, 15) is 10.1 Å². The van der Waals surface area contributed by atoms with Crippen molar-refractivity contribution in [3.63, 3.8) is 0 Å². The van der Waals surface area contributed by atoms with Crippen LogP contribution in [0.5, 0.6) is 0 Å². The average Bonchev–Trinajstić information content (AvgIpc) is 3.40. The van der Waals surface area contributed by atoms with E-state index in [4.69, 9.17) is 4.42 Å². The maximum Gasteiger partial charge on any atom is 0.256 e. The van der Waals surface area contributed by atoms with Crippen LogP contribution < -0.4 is 10.2 Å². The summed E-state index contributed by atoms with van der Waals surface area (Å²) in [6, 6.07) is 9.70. The molecule has 0 aromatic carbocycles. The van der Waals surface area contributed by atoms with E-state index in [1.54, 1.807) is 30.1 Å². The Morgan fingerprint density at radius 1 is 1.28 bits per heavy atom. The van der Waals surface area contributed by atoms with Gasteiger partial charge in [0.15, 0.2) is 0 Å². The van der Waals surface area contributed by atoms with Crippen molar-refractivity contribution < 1.29 is 9.21 Å². The predicted molar refractivity (Wildman–Crippen MR) is 109 cm³/mol. The minimum atomic E-state index is -0.322. The monoisotopic (exact) mass is 389 g/mol. The molecule has 0 atom stereocenters. The fourth-order valence-electron chi connectivity index (χ4n) is 3.70. The summed E-state index contributed by atoms with van der Waals surface area (Å²) in [7, 11) is 0. The zero-order valence-corrected chi connectivity index (χ0v) is 16.4. The van der Waals surface area contributed by atoms with Crippen molar-refractivity contribution >= 4 is 11.7 Å². The molecule has 7 nitrogen and oxygen atoms in total. The van der Waals surface area contributed by atoms with Crippen LogP contribution in [0.2, 0.25) is 0 Å². The van der Waals surface area contributed by atoms with Crippen molar-refractivity contribution in [2.75, 3.05) is 18.0 Å². The van der Waals surface area contributed by atoms with Crippen LogP contribution in [-0.2, 0) is 6.54 Å². The molecule has 1 saturated heterocycles. The average molecular weight is 389 g/mol. The molecule has 1 aliphatic rings. The Kier molecular flexibility index (Phi) is 5.34. The van der Waals surface area contributed by atoms with Gasteiger partial charge in [-0.25, -0.2) is 4.98 Å². The topological polar surface area (TPSA) is 87.1 Å². The van der Waals surface area contributed by atoms with E-state index < -0.39 is 0 Å². The summed E-state index contributed by atoms with van der Waals surface area (Å²) < 4.78 is 7.41. The van der Waals surface area contributed by atoms with E-state index in [0.717, 1.165) is 24.5 Å². The van der Waals surface area contributed by atoms with Crippen molar-refractivity contribution in [2.45, 2.75) is 32.7 Å². The van der Waals surface area contributed by atoms with Gasteiger partial charge in [-0.05, 0) is 56.0 Å². The summed E-state index contributed by atoms with van der Waals surface area (Å²) in [6.45, 7) is 4.09. The largest absolute Gasteiger partial charge is 0.443 e. The van der Waals surface area contributed by atoms with Crippen LogP contribution in [0.25, 0.3) is 5.88 Å². The van der Waals surface area contributed by atoms with Gasteiger partial charge in [-0.15, -0.1) is 0 Å². The van der Waals surface area contributed by atoms with Gasteiger partial charge in [-0.3, -0.25) is 9.36 Å². The SMILES string of the molecule is Cc1oc(-n2cccc2)c(C#N)c1C(=O)NCc1ccnc(N2CCCCC2)c1. The minimum absolute atomic E-state index is 0.236. The van der Waals surface area contributed by atoms with Gasteiger partial charge >= 0.3 is 0 Å². The van der Waals surface area contributed by atoms with Gasteiger partial charge < -0.3 is 14.6 Å². The van der Waals surface area contributed by atoms with Crippen LogP contribution in [-0.4, -0.2) is 28.5 Å². The zero-order valence-electron chi connectivity index (χ0n) is 16.4. The Labute approximate surface area is 169 Å². The van der Waals surface area contributed by atoms with E-state index in [-0.39, 0.29) is 17.0 Å². The highest BCUT2D eigenvalue weighted by Gasteiger charge is 2.24. The summed E-state index contributed by atoms with van der Waals surface area (Å²) >= 11 is 0. The highest BCUT2D eigenvalue weighted by Crippen LogP contribution is 2.25. The summed E-state index contributed by atoms with van der Waals surface area (Å²) in [5.74, 6) is 1.41. The molecule has 0 saturated carbocycles. The van der Waals surface area contributed by atoms with E-state index >= 15 is 0 Å². The molecular weight excluding hydrogens is 366 g/mol. The highest BCUT2D eigenvalue weighted by atomic mass is 16.4. The number of furan rings is 1. The first-order valence-electron chi connectivity index (χ1n) is 9.82. The third kappa shape index (κ3) is 3.87. The smallest absolute Gasteiger partial charge is 0.256 e. The molecule has 4 rings (SSSR count). The second kappa shape index (κ2) is 8.23. The van der Waals surface area contributed by atoms with Crippen LogP contribution >= 0.6 is 0 Å². The number of anilines is 1. The third-order valence-electron chi connectivity index (χ3n) is 5.19. The zero-order chi connectivity index (χ0) is 20.2. The van der Waals surface area contributed by atoms with Crippen LogP contribution in [0.1, 0.15) is 46.5 Å². The maximum absolute atomic E-state index is 12.8. The van der Waals surface area contributed by atoms with E-state index in [1.165, 1.54) is 19.3 Å². The number of rotatable bonds is 5. The molecule has 0 bridgehead atoms. The second-order valence-electron chi connectivity index (χ2n) is 7.17. The number of nitrogens with one attached hydrogen (secondary N) is 1. The van der Waals surface area contributed by atoms with Gasteiger partial charge in [0.1, 0.15) is 28.8 Å². The Hall–Kier alpha value is -3.53. The number of amides is 1. The number of aryl methyl sites for hydroxylation is 1. The number of hydrogen-bond acceptors (Lipinski definition) is 5. The number of carbonyl (C=O) groups is 1. The third-order valence-corrected chi connectivity index (χ3v) is 5.19. The minimum Gasteiger partial charge on any atom is -0.443 e. The Morgan fingerprint density at radius 3 is 2.76 bits per heavy atom. The molecule has 1 fully saturated rings. The molecule has 148 valence electrons. The van der Waals surface area contributed by atoms with Crippen LogP contribution in [0.3, 0.4) is 0 Å². The lowest BCUT2D eigenvalue weighted by Gasteiger charge is -2.27. The number of pyridine rings is 1. The summed E-state index contributed by atoms with van der Waals surface area (Å²) in [5.41, 5.74) is 1.49. The Bertz CT molecular complexity index is 1040. The normalized spacial score (nSPS) is 13.9. The summed E-state index contributed by atoms with van der Waals surface area (Å²) in [5, 5.41) is 12.5. The quantitative estimate of drug-likeness (QED) is 0.721. The fourth-order valence-corrected chi connectivity index (χ4v) is 3.70. The van der Waals surface area contributed by atoms with Gasteiger partial charge in [0.2, 0.25) is 5.88 Å². The Morgan fingerprint density at radius 2 is 2.03 bits per heavy atom. The van der Waals surface area contributed by atoms with E-state index in [2.05, 4.69) is 21.3 Å². The van der Waals surface area contributed by atoms with Crippen molar-refractivity contribution in [3.8, 4) is 12.0 Å². The number of carbonyl (C=O) groups excluding carboxylic acids is 1. The van der Waals surface area contributed by atoms with Crippen molar-refractivity contribution in [1.29, 1.82) is 5.26 Å². The molecule has 1 amide bonds. The van der Waals surface area contributed by atoms with Crippen LogP contribution in [0.15, 0.2) is 47.3 Å². The molecule has 4 heterocycles. The van der Waals surface area contributed by atoms with Gasteiger partial charge in [-0.1, -0.05) is 0 Å². The number of aromatic nitrogens is 2. The maximum atomic E-state index is 12.8. The summed E-state index contributed by atoms with van der Waals surface area (Å²) in [4.78, 5) is 19.6. The fraction of sp³-hybridized carbons (Fsp3) is 0.318. The van der Waals surface area contributed by atoms with Gasteiger partial charge in [0.25, 0.3) is 5.91 Å². The second-order valence-corrected chi connectivity index (χ2v) is 7.17. The molecule has 3 aromatic rings. The molecule has 0 aliphatic carbocycles. The first-order chi connectivity index (χ1) is 14.2. The van der Waals surface area contributed by atoms with E-state index in [0.29, 0.717) is 18.2 Å². The molecule has 3 aromatic heterocycles. The first-order valence-corrected chi connectivity index (χ1v) is 9.82. The molecule has 7 heteroatoms. The van der Waals surface area contributed by atoms with Crippen LogP contribution in [0, 0.1) is 18.3 Å². The van der Waals surface area contributed by atoms with Crippen molar-refractivity contribution in [3.05, 3.63) is 65.3 Å². The standard InChI is InChI=1S/C22H23N5O2/c1-16-20(18(14-23)22(29-16)27-11-5-6-12-27)21(28)25-15-17-7-8-24-19(13-17)26-9-3-2-4-10-26/h5-8,11-13H,2-4,9-10,15H2,1H3,(H,25,28). The van der Waals surface area contributed by atoms with Crippen LogP contribution in [0.4, 0.5) is 5.82 Å². The van der Waals surface area contributed by atoms with Gasteiger partial charge in [-0.2, -0.15) is 5.26 Å². The molecule has 0 unspecified atom stereocenters. The van der Waals surface area contributed by atoms with Gasteiger partial charge in [0, 0.05) is 38.2 Å². The Balaban J connectivity index is 1.50. The predicted octanol–water partition coefficient (Wildman–Crippen LogP) is 3.57. The summed E-state index contributed by atoms with van der Waals surface area (Å²) in [6.07, 6.45) is 8.97. The molecular formula is C22H23N5O2. The number of nitriles is 1. The lowest BCUT2D eigenvalue weighted by molar-refractivity contribution is 0.0949. The lowest BCUT2D eigenvalue weighted by Crippen LogP contribution is -2.30. The van der Waals surface area contributed by atoms with E-state index in [1.807, 2.05) is 24.3 Å². The lowest BCUT2D eigenvalue weighted by atomic mass is 10.1. The molecule has 0 spiro atoms.